The molecule has 2 aromatic carbocycles. The summed E-state index contributed by atoms with van der Waals surface area (Å²) in [4.78, 5) is 13.8. The Kier molecular flexibility index (Phi) is 3.56. The van der Waals surface area contributed by atoms with Crippen molar-refractivity contribution in [2.45, 2.75) is 6.92 Å². The molecular weight excluding hydrogens is 262 g/mol. The van der Waals surface area contributed by atoms with Gasteiger partial charge >= 0.3 is 0 Å². The molecule has 0 N–H and O–H groups in total. The van der Waals surface area contributed by atoms with Crippen LogP contribution in [0.1, 0.15) is 18.1 Å². The maximum atomic E-state index is 12.2. The highest BCUT2D eigenvalue weighted by Gasteiger charge is 2.25. The topological polar surface area (TPSA) is 29.5 Å². The molecule has 0 spiro atoms. The Labute approximate surface area is 123 Å². The molecule has 21 heavy (non-hydrogen) atoms. The lowest BCUT2D eigenvalue weighted by atomic mass is 10.1. The number of hydrogen-bond acceptors (Lipinski definition) is 2. The highest BCUT2D eigenvalue weighted by atomic mass is 16.5. The Morgan fingerprint density at radius 1 is 0.810 bits per heavy atom. The molecule has 3 rings (SSSR count). The van der Waals surface area contributed by atoms with Gasteiger partial charge in [-0.3, -0.25) is 9.69 Å². The monoisotopic (exact) mass is 277 g/mol. The standard InChI is InChI=1S/C18H15NO2/c1-14(20)19-17(15-8-4-2-5-9-15)12-21-13-18(19)16-10-6-3-7-11-16/h2-13H,1H3. The summed E-state index contributed by atoms with van der Waals surface area (Å²) in [6, 6.07) is 19.5. The van der Waals surface area contributed by atoms with Gasteiger partial charge in [0.25, 0.3) is 0 Å². The van der Waals surface area contributed by atoms with Crippen LogP contribution in [-0.4, -0.2) is 10.8 Å². The fourth-order valence-electron chi connectivity index (χ4n) is 2.35. The van der Waals surface area contributed by atoms with Crippen LogP contribution >= 0.6 is 0 Å². The van der Waals surface area contributed by atoms with Crippen molar-refractivity contribution in [3.05, 3.63) is 84.3 Å². The fraction of sp³-hybridized carbons (Fsp3) is 0.0556. The summed E-state index contributed by atoms with van der Waals surface area (Å²) in [5, 5.41) is 0. The Balaban J connectivity index is 2.05. The van der Waals surface area contributed by atoms with Gasteiger partial charge in [0, 0.05) is 18.1 Å². The zero-order valence-corrected chi connectivity index (χ0v) is 11.7. The molecule has 2 aromatic rings. The first-order valence-corrected chi connectivity index (χ1v) is 6.75. The summed E-state index contributed by atoms with van der Waals surface area (Å²) < 4.78 is 5.47. The van der Waals surface area contributed by atoms with Crippen LogP contribution in [0.5, 0.6) is 0 Å². The second-order valence-electron chi connectivity index (χ2n) is 4.73. The summed E-state index contributed by atoms with van der Waals surface area (Å²) in [5.41, 5.74) is 3.36. The van der Waals surface area contributed by atoms with Crippen molar-refractivity contribution in [3.8, 4) is 0 Å². The van der Waals surface area contributed by atoms with Crippen LogP contribution in [-0.2, 0) is 9.53 Å². The van der Waals surface area contributed by atoms with Crippen molar-refractivity contribution in [1.29, 1.82) is 0 Å². The summed E-state index contributed by atoms with van der Waals surface area (Å²) in [6.45, 7) is 1.55. The zero-order valence-electron chi connectivity index (χ0n) is 11.7. The number of nitrogens with zero attached hydrogens (tertiary/aromatic N) is 1. The van der Waals surface area contributed by atoms with Crippen LogP contribution in [0.2, 0.25) is 0 Å². The van der Waals surface area contributed by atoms with Crippen LogP contribution in [0, 0.1) is 0 Å². The number of hydrogen-bond donors (Lipinski definition) is 0. The highest BCUT2D eigenvalue weighted by molar-refractivity contribution is 5.95. The maximum absolute atomic E-state index is 12.2. The molecule has 1 aliphatic heterocycles. The van der Waals surface area contributed by atoms with Crippen molar-refractivity contribution in [1.82, 2.24) is 4.90 Å². The summed E-state index contributed by atoms with van der Waals surface area (Å²) in [7, 11) is 0. The Bertz CT molecular complexity index is 647. The summed E-state index contributed by atoms with van der Waals surface area (Å²) in [6.07, 6.45) is 3.20. The molecular formula is C18H15NO2. The van der Waals surface area contributed by atoms with E-state index in [1.165, 1.54) is 0 Å². The maximum Gasteiger partial charge on any atom is 0.228 e. The van der Waals surface area contributed by atoms with Gasteiger partial charge in [-0.15, -0.1) is 0 Å². The van der Waals surface area contributed by atoms with E-state index in [-0.39, 0.29) is 5.91 Å². The molecule has 0 aliphatic carbocycles. The van der Waals surface area contributed by atoms with Gasteiger partial charge in [0.15, 0.2) is 0 Å². The largest absolute Gasteiger partial charge is 0.468 e. The van der Waals surface area contributed by atoms with Gasteiger partial charge in [-0.25, -0.2) is 0 Å². The molecule has 0 unspecified atom stereocenters. The first-order valence-electron chi connectivity index (χ1n) is 6.75. The molecule has 0 aromatic heterocycles. The molecule has 1 aliphatic rings. The zero-order chi connectivity index (χ0) is 14.7. The van der Waals surface area contributed by atoms with E-state index in [0.717, 1.165) is 22.5 Å². The average Bonchev–Trinajstić information content (AvgIpc) is 2.55. The first kappa shape index (κ1) is 13.2. The summed E-state index contributed by atoms with van der Waals surface area (Å²) >= 11 is 0. The molecule has 0 fully saturated rings. The molecule has 0 radical (unpaired) electrons. The van der Waals surface area contributed by atoms with Crippen LogP contribution in [0.3, 0.4) is 0 Å². The number of carbonyl (C=O) groups is 1. The van der Waals surface area contributed by atoms with Gasteiger partial charge < -0.3 is 4.74 Å². The first-order chi connectivity index (χ1) is 10.3. The molecule has 0 bridgehead atoms. The minimum absolute atomic E-state index is 0.0523. The minimum atomic E-state index is -0.0523. The number of ether oxygens (including phenoxy) is 1. The lowest BCUT2D eigenvalue weighted by Crippen LogP contribution is -2.27. The van der Waals surface area contributed by atoms with Crippen LogP contribution in [0.15, 0.2) is 73.2 Å². The van der Waals surface area contributed by atoms with E-state index in [4.69, 9.17) is 4.74 Å². The molecule has 1 amide bonds. The van der Waals surface area contributed by atoms with E-state index in [1.807, 2.05) is 60.7 Å². The van der Waals surface area contributed by atoms with E-state index in [1.54, 1.807) is 24.3 Å². The molecule has 0 saturated carbocycles. The molecule has 0 saturated heterocycles. The second-order valence-corrected chi connectivity index (χ2v) is 4.73. The third kappa shape index (κ3) is 2.58. The van der Waals surface area contributed by atoms with Crippen LogP contribution < -0.4 is 0 Å². The van der Waals surface area contributed by atoms with Crippen molar-refractivity contribution in [2.75, 3.05) is 0 Å². The highest BCUT2D eigenvalue weighted by Crippen LogP contribution is 2.32. The molecule has 0 atom stereocenters. The smallest absolute Gasteiger partial charge is 0.228 e. The fourth-order valence-corrected chi connectivity index (χ4v) is 2.35. The predicted molar refractivity (Wildman–Crippen MR) is 82.4 cm³/mol. The van der Waals surface area contributed by atoms with Gasteiger partial charge in [0.05, 0.1) is 11.4 Å². The normalized spacial score (nSPS) is 14.0. The van der Waals surface area contributed by atoms with Gasteiger partial charge in [-0.2, -0.15) is 0 Å². The molecule has 3 heteroatoms. The van der Waals surface area contributed by atoms with E-state index in [9.17, 15) is 4.79 Å². The van der Waals surface area contributed by atoms with Crippen molar-refractivity contribution >= 4 is 17.3 Å². The molecule has 104 valence electrons. The van der Waals surface area contributed by atoms with E-state index in [0.29, 0.717) is 0 Å². The van der Waals surface area contributed by atoms with Crippen molar-refractivity contribution in [2.24, 2.45) is 0 Å². The van der Waals surface area contributed by atoms with Gasteiger partial charge in [0.2, 0.25) is 5.91 Å². The number of carbonyl (C=O) groups excluding carboxylic acids is 1. The SMILES string of the molecule is CC(=O)N1C(c2ccccc2)=COC=C1c1ccccc1. The second kappa shape index (κ2) is 5.67. The Morgan fingerprint density at radius 2 is 1.24 bits per heavy atom. The van der Waals surface area contributed by atoms with E-state index in [2.05, 4.69) is 0 Å². The number of rotatable bonds is 2. The Hall–Kier alpha value is -2.81. The average molecular weight is 277 g/mol. The summed E-state index contributed by atoms with van der Waals surface area (Å²) in [5.74, 6) is -0.0523. The lowest BCUT2D eigenvalue weighted by molar-refractivity contribution is -0.123. The van der Waals surface area contributed by atoms with Crippen molar-refractivity contribution in [3.63, 3.8) is 0 Å². The van der Waals surface area contributed by atoms with Gasteiger partial charge in [-0.05, 0) is 0 Å². The molecule has 1 heterocycles. The predicted octanol–water partition coefficient (Wildman–Crippen LogP) is 3.86. The van der Waals surface area contributed by atoms with Gasteiger partial charge in [0.1, 0.15) is 12.5 Å². The van der Waals surface area contributed by atoms with Crippen LogP contribution in [0.4, 0.5) is 0 Å². The Morgan fingerprint density at radius 3 is 1.62 bits per heavy atom. The van der Waals surface area contributed by atoms with E-state index < -0.39 is 0 Å². The van der Waals surface area contributed by atoms with E-state index >= 15 is 0 Å². The van der Waals surface area contributed by atoms with Crippen LogP contribution in [0.25, 0.3) is 11.4 Å². The third-order valence-electron chi connectivity index (χ3n) is 3.30. The number of benzene rings is 2. The molecule has 3 nitrogen and oxygen atoms in total. The third-order valence-corrected chi connectivity index (χ3v) is 3.30. The minimum Gasteiger partial charge on any atom is -0.468 e. The lowest BCUT2D eigenvalue weighted by Gasteiger charge is -2.29. The van der Waals surface area contributed by atoms with Gasteiger partial charge in [-0.1, -0.05) is 60.7 Å². The quantitative estimate of drug-likeness (QED) is 0.834. The van der Waals surface area contributed by atoms with Crippen molar-refractivity contribution < 1.29 is 9.53 Å². The number of amides is 1.